The van der Waals surface area contributed by atoms with Crippen LogP contribution in [-0.2, 0) is 19.6 Å². The molecule has 3 aromatic rings. The zero-order chi connectivity index (χ0) is 29.9. The number of nitrogens with zero attached hydrogens (tertiary/aromatic N) is 2. The molecule has 2 aromatic carbocycles. The zero-order valence-electron chi connectivity index (χ0n) is 22.9. The fourth-order valence-electron chi connectivity index (χ4n) is 4.77. The van der Waals surface area contributed by atoms with E-state index in [1.165, 1.54) is 34.4 Å². The van der Waals surface area contributed by atoms with Gasteiger partial charge in [-0.2, -0.15) is 0 Å². The van der Waals surface area contributed by atoms with Gasteiger partial charge < -0.3 is 15.1 Å². The van der Waals surface area contributed by atoms with Gasteiger partial charge in [-0.3, -0.25) is 14.4 Å². The van der Waals surface area contributed by atoms with Crippen molar-refractivity contribution in [2.75, 3.05) is 26.2 Å². The van der Waals surface area contributed by atoms with Crippen LogP contribution in [0.1, 0.15) is 36.9 Å². The highest BCUT2D eigenvalue weighted by Crippen LogP contribution is 2.26. The normalized spacial score (nSPS) is 16.7. The summed E-state index contributed by atoms with van der Waals surface area (Å²) in [6, 6.07) is 12.5. The lowest BCUT2D eigenvalue weighted by molar-refractivity contribution is -0.143. The Hall–Kier alpha value is -2.70. The molecule has 0 bridgehead atoms. The third kappa shape index (κ3) is 7.58. The summed E-state index contributed by atoms with van der Waals surface area (Å²) in [5.41, 5.74) is 0. The Kier molecular flexibility index (Phi) is 9.97. The first-order valence-corrected chi connectivity index (χ1v) is 16.2. The van der Waals surface area contributed by atoms with Gasteiger partial charge in [0.1, 0.15) is 10.9 Å². The number of hydrogen-bond acceptors (Lipinski definition) is 6. The minimum Gasteiger partial charge on any atom is -0.340 e. The third-order valence-corrected chi connectivity index (χ3v) is 10.1. The Morgan fingerprint density at radius 1 is 1.07 bits per heavy atom. The topological polar surface area (TPSA) is 116 Å². The van der Waals surface area contributed by atoms with Crippen molar-refractivity contribution < 1.29 is 22.8 Å². The number of nitrogens with one attached hydrogen (secondary N) is 2. The van der Waals surface area contributed by atoms with E-state index in [0.29, 0.717) is 16.3 Å². The summed E-state index contributed by atoms with van der Waals surface area (Å²) < 4.78 is 28.6. The SMILES string of the molecule is CC(C)CC(NC(=O)c1cc2ccccc2s1)C(=O)N1CCN(C(=O)CNS(=O)(=O)c2ccc(Cl)cc2Cl)C[C@@H]1C. The summed E-state index contributed by atoms with van der Waals surface area (Å²) in [4.78, 5) is 43.2. The third-order valence-electron chi connectivity index (χ3n) is 6.82. The molecule has 41 heavy (non-hydrogen) atoms. The molecule has 1 fully saturated rings. The minimum atomic E-state index is -4.04. The van der Waals surface area contributed by atoms with Crippen LogP contribution < -0.4 is 10.0 Å². The fourth-order valence-corrected chi connectivity index (χ4v) is 7.48. The lowest BCUT2D eigenvalue weighted by Crippen LogP contribution is -2.60. The van der Waals surface area contributed by atoms with Gasteiger partial charge >= 0.3 is 0 Å². The van der Waals surface area contributed by atoms with Gasteiger partial charge in [-0.25, -0.2) is 13.1 Å². The van der Waals surface area contributed by atoms with Gasteiger partial charge in [0.15, 0.2) is 0 Å². The van der Waals surface area contributed by atoms with Crippen LogP contribution in [0, 0.1) is 5.92 Å². The van der Waals surface area contributed by atoms with Gasteiger partial charge in [0, 0.05) is 35.4 Å². The Morgan fingerprint density at radius 3 is 2.46 bits per heavy atom. The van der Waals surface area contributed by atoms with E-state index in [-0.39, 0.29) is 53.3 Å². The second kappa shape index (κ2) is 13.1. The average molecular weight is 640 g/mol. The Bertz CT molecular complexity index is 1530. The van der Waals surface area contributed by atoms with Crippen molar-refractivity contribution in [2.45, 2.75) is 44.2 Å². The number of thiophene rings is 1. The lowest BCUT2D eigenvalue weighted by Gasteiger charge is -2.41. The maximum absolute atomic E-state index is 13.6. The van der Waals surface area contributed by atoms with Crippen LogP contribution in [0.15, 0.2) is 53.4 Å². The largest absolute Gasteiger partial charge is 0.340 e. The minimum absolute atomic E-state index is 0.0476. The number of benzene rings is 2. The highest BCUT2D eigenvalue weighted by Gasteiger charge is 2.35. The van der Waals surface area contributed by atoms with E-state index in [0.717, 1.165) is 10.1 Å². The van der Waals surface area contributed by atoms with Crippen LogP contribution in [0.5, 0.6) is 0 Å². The van der Waals surface area contributed by atoms with Crippen LogP contribution in [0.4, 0.5) is 0 Å². The second-order valence-corrected chi connectivity index (χ2v) is 14.1. The van der Waals surface area contributed by atoms with E-state index >= 15 is 0 Å². The smallest absolute Gasteiger partial charge is 0.262 e. The molecule has 9 nitrogen and oxygen atoms in total. The number of fused-ring (bicyclic) bond motifs is 1. The molecule has 0 spiro atoms. The van der Waals surface area contributed by atoms with Crippen LogP contribution in [0.3, 0.4) is 0 Å². The fraction of sp³-hybridized carbons (Fsp3) is 0.393. The lowest BCUT2D eigenvalue weighted by atomic mass is 10.0. The molecule has 4 rings (SSSR count). The Balaban J connectivity index is 1.37. The van der Waals surface area contributed by atoms with Gasteiger partial charge in [-0.05, 0) is 55.0 Å². The first-order chi connectivity index (χ1) is 19.4. The summed E-state index contributed by atoms with van der Waals surface area (Å²) in [5, 5.41) is 4.16. The van der Waals surface area contributed by atoms with E-state index in [2.05, 4.69) is 10.0 Å². The quantitative estimate of drug-likeness (QED) is 0.361. The highest BCUT2D eigenvalue weighted by molar-refractivity contribution is 7.89. The maximum atomic E-state index is 13.6. The van der Waals surface area contributed by atoms with Crippen molar-refractivity contribution in [3.63, 3.8) is 0 Å². The molecule has 1 aromatic heterocycles. The van der Waals surface area contributed by atoms with Crippen LogP contribution in [-0.4, -0.2) is 74.2 Å². The molecule has 3 amide bonds. The molecule has 1 saturated heterocycles. The van der Waals surface area contributed by atoms with E-state index in [4.69, 9.17) is 23.2 Å². The molecule has 0 radical (unpaired) electrons. The maximum Gasteiger partial charge on any atom is 0.262 e. The number of carbonyl (C=O) groups excluding carboxylic acids is 3. The molecule has 1 aliphatic heterocycles. The molecule has 220 valence electrons. The highest BCUT2D eigenvalue weighted by atomic mass is 35.5. The molecule has 2 heterocycles. The van der Waals surface area contributed by atoms with Crippen LogP contribution in [0.2, 0.25) is 10.0 Å². The number of carbonyl (C=O) groups is 3. The van der Waals surface area contributed by atoms with E-state index in [9.17, 15) is 22.8 Å². The summed E-state index contributed by atoms with van der Waals surface area (Å²) in [6.07, 6.45) is 0.469. The average Bonchev–Trinajstić information content (AvgIpc) is 3.35. The van der Waals surface area contributed by atoms with Gasteiger partial charge in [0.25, 0.3) is 5.91 Å². The zero-order valence-corrected chi connectivity index (χ0v) is 26.0. The number of amides is 3. The van der Waals surface area contributed by atoms with Crippen molar-refractivity contribution in [3.05, 3.63) is 63.5 Å². The number of sulfonamides is 1. The molecule has 13 heteroatoms. The molecule has 2 N–H and O–H groups in total. The molecule has 1 aliphatic rings. The molecule has 2 atom stereocenters. The first kappa shape index (κ1) is 31.2. The van der Waals surface area contributed by atoms with Gasteiger partial charge in [0.2, 0.25) is 21.8 Å². The predicted octanol–water partition coefficient (Wildman–Crippen LogP) is 4.39. The van der Waals surface area contributed by atoms with Crippen LogP contribution >= 0.6 is 34.5 Å². The number of piperazine rings is 1. The summed E-state index contributed by atoms with van der Waals surface area (Å²) in [6.45, 7) is 6.07. The second-order valence-electron chi connectivity index (χ2n) is 10.4. The van der Waals surface area contributed by atoms with Gasteiger partial charge in [-0.1, -0.05) is 55.2 Å². The van der Waals surface area contributed by atoms with Gasteiger partial charge in [-0.15, -0.1) is 11.3 Å². The Labute approximate surface area is 253 Å². The summed E-state index contributed by atoms with van der Waals surface area (Å²) in [7, 11) is -4.04. The molecule has 1 unspecified atom stereocenters. The standard InChI is InChI=1S/C28H32Cl2N4O5S2/c1-17(2)12-22(32-27(36)24-13-19-6-4-5-7-23(19)40-24)28(37)34-11-10-33(16-18(34)3)26(35)15-31-41(38,39)25-9-8-20(29)14-21(25)30/h4-9,13-14,17-18,22,31H,10-12,15-16H2,1-3H3,(H,32,36)/t18-,22?/m0/s1. The molecule has 0 aliphatic carbocycles. The van der Waals surface area contributed by atoms with Crippen molar-refractivity contribution >= 4 is 72.4 Å². The van der Waals surface area contributed by atoms with Crippen LogP contribution in [0.25, 0.3) is 10.1 Å². The number of hydrogen-bond donors (Lipinski definition) is 2. The van der Waals surface area contributed by atoms with E-state index < -0.39 is 28.5 Å². The predicted molar refractivity (Wildman–Crippen MR) is 162 cm³/mol. The molecular weight excluding hydrogens is 607 g/mol. The van der Waals surface area contributed by atoms with Crippen molar-refractivity contribution in [1.29, 1.82) is 0 Å². The van der Waals surface area contributed by atoms with Gasteiger partial charge in [0.05, 0.1) is 16.4 Å². The summed E-state index contributed by atoms with van der Waals surface area (Å²) in [5.74, 6) is -0.757. The summed E-state index contributed by atoms with van der Waals surface area (Å²) >= 11 is 13.3. The van der Waals surface area contributed by atoms with E-state index in [1.807, 2.05) is 51.1 Å². The first-order valence-electron chi connectivity index (χ1n) is 13.2. The number of halogens is 2. The number of rotatable bonds is 9. The molecule has 0 saturated carbocycles. The van der Waals surface area contributed by atoms with E-state index in [1.54, 1.807) is 4.90 Å². The monoisotopic (exact) mass is 638 g/mol. The van der Waals surface area contributed by atoms with Crippen molar-refractivity contribution in [3.8, 4) is 0 Å². The Morgan fingerprint density at radius 2 is 1.80 bits per heavy atom. The van der Waals surface area contributed by atoms with Crippen molar-refractivity contribution in [1.82, 2.24) is 19.8 Å². The van der Waals surface area contributed by atoms with Crippen molar-refractivity contribution in [2.24, 2.45) is 5.92 Å². The molecular formula is C28H32Cl2N4O5S2.